The van der Waals surface area contributed by atoms with Gasteiger partial charge in [0.15, 0.2) is 0 Å². The summed E-state index contributed by atoms with van der Waals surface area (Å²) in [6.07, 6.45) is 1.59. The van der Waals surface area contributed by atoms with Crippen LogP contribution in [0.3, 0.4) is 0 Å². The fourth-order valence-electron chi connectivity index (χ4n) is 2.52. The second kappa shape index (κ2) is 6.13. The Morgan fingerprint density at radius 2 is 1.95 bits per heavy atom. The standard InChI is InChI=1S/C14H20N2O4S/c1-15(2)21(19,20)16-8-7-12(10-16)9-11-3-5-13(6-4-11)14(17)18/h3-6,12H,7-10H2,1-2H3,(H,17,18). The highest BCUT2D eigenvalue weighted by atomic mass is 32.2. The van der Waals surface area contributed by atoms with Gasteiger partial charge in [0.05, 0.1) is 5.56 Å². The fraction of sp³-hybridized carbons (Fsp3) is 0.500. The molecule has 0 aromatic heterocycles. The molecule has 1 N–H and O–H groups in total. The van der Waals surface area contributed by atoms with Crippen LogP contribution < -0.4 is 0 Å². The summed E-state index contributed by atoms with van der Waals surface area (Å²) in [6, 6.07) is 6.76. The summed E-state index contributed by atoms with van der Waals surface area (Å²) in [6.45, 7) is 1.06. The van der Waals surface area contributed by atoms with E-state index in [1.807, 2.05) is 0 Å². The van der Waals surface area contributed by atoms with Crippen molar-refractivity contribution in [3.8, 4) is 0 Å². The van der Waals surface area contributed by atoms with Crippen molar-refractivity contribution in [1.82, 2.24) is 8.61 Å². The molecule has 0 spiro atoms. The predicted molar refractivity (Wildman–Crippen MR) is 79.4 cm³/mol. The molecule has 0 saturated carbocycles. The summed E-state index contributed by atoms with van der Waals surface area (Å²) in [5.41, 5.74) is 1.30. The van der Waals surface area contributed by atoms with Gasteiger partial charge in [0.1, 0.15) is 0 Å². The van der Waals surface area contributed by atoms with E-state index in [0.29, 0.717) is 13.1 Å². The smallest absolute Gasteiger partial charge is 0.335 e. The van der Waals surface area contributed by atoms with Crippen LogP contribution in [0.2, 0.25) is 0 Å². The Bertz CT molecular complexity index is 610. The minimum absolute atomic E-state index is 0.266. The van der Waals surface area contributed by atoms with Crippen LogP contribution in [0, 0.1) is 5.92 Å². The monoisotopic (exact) mass is 312 g/mol. The zero-order chi connectivity index (χ0) is 15.6. The van der Waals surface area contributed by atoms with E-state index >= 15 is 0 Å². The van der Waals surface area contributed by atoms with Crippen molar-refractivity contribution >= 4 is 16.2 Å². The maximum Gasteiger partial charge on any atom is 0.335 e. The van der Waals surface area contributed by atoms with Crippen LogP contribution in [-0.4, -0.2) is 55.3 Å². The molecule has 2 rings (SSSR count). The number of aromatic carboxylic acids is 1. The van der Waals surface area contributed by atoms with Crippen LogP contribution in [0.4, 0.5) is 0 Å². The van der Waals surface area contributed by atoms with Gasteiger partial charge in [-0.3, -0.25) is 0 Å². The third kappa shape index (κ3) is 3.61. The van der Waals surface area contributed by atoms with Crippen molar-refractivity contribution < 1.29 is 18.3 Å². The zero-order valence-corrected chi connectivity index (χ0v) is 13.0. The van der Waals surface area contributed by atoms with Crippen molar-refractivity contribution in [3.63, 3.8) is 0 Å². The first-order valence-electron chi connectivity index (χ1n) is 6.80. The second-order valence-corrected chi connectivity index (χ2v) is 7.65. The average molecular weight is 312 g/mol. The number of carboxylic acids is 1. The molecular formula is C14H20N2O4S. The van der Waals surface area contributed by atoms with E-state index < -0.39 is 16.2 Å². The average Bonchev–Trinajstić information content (AvgIpc) is 2.88. The van der Waals surface area contributed by atoms with Crippen molar-refractivity contribution in [3.05, 3.63) is 35.4 Å². The minimum atomic E-state index is -3.33. The SMILES string of the molecule is CN(C)S(=O)(=O)N1CCC(Cc2ccc(C(=O)O)cc2)C1. The Hall–Kier alpha value is -1.44. The lowest BCUT2D eigenvalue weighted by molar-refractivity contribution is 0.0697. The van der Waals surface area contributed by atoms with Crippen molar-refractivity contribution in [1.29, 1.82) is 0 Å². The number of rotatable bonds is 5. The van der Waals surface area contributed by atoms with Crippen LogP contribution in [0.1, 0.15) is 22.3 Å². The third-order valence-electron chi connectivity index (χ3n) is 3.76. The Labute approximate surface area is 125 Å². The predicted octanol–water partition coefficient (Wildman–Crippen LogP) is 1.06. The van der Waals surface area contributed by atoms with Crippen molar-refractivity contribution in [2.24, 2.45) is 5.92 Å². The van der Waals surface area contributed by atoms with Gasteiger partial charge in [-0.25, -0.2) is 4.79 Å². The lowest BCUT2D eigenvalue weighted by atomic mass is 9.98. The van der Waals surface area contributed by atoms with Gasteiger partial charge >= 0.3 is 5.97 Å². The van der Waals surface area contributed by atoms with E-state index in [0.717, 1.165) is 18.4 Å². The van der Waals surface area contributed by atoms with Crippen molar-refractivity contribution in [2.75, 3.05) is 27.2 Å². The van der Waals surface area contributed by atoms with Crippen LogP contribution in [0.5, 0.6) is 0 Å². The van der Waals surface area contributed by atoms with Crippen LogP contribution in [0.15, 0.2) is 24.3 Å². The summed E-state index contributed by atoms with van der Waals surface area (Å²) in [5, 5.41) is 8.86. The van der Waals surface area contributed by atoms with Crippen LogP contribution >= 0.6 is 0 Å². The van der Waals surface area contributed by atoms with Crippen LogP contribution in [0.25, 0.3) is 0 Å². The van der Waals surface area contributed by atoms with E-state index in [1.54, 1.807) is 24.3 Å². The molecule has 1 aliphatic heterocycles. The first kappa shape index (κ1) is 15.9. The Kier molecular flexibility index (Phi) is 4.65. The topological polar surface area (TPSA) is 77.9 Å². The molecule has 116 valence electrons. The lowest BCUT2D eigenvalue weighted by Crippen LogP contribution is -2.38. The van der Waals surface area contributed by atoms with Gasteiger partial charge in [0.2, 0.25) is 0 Å². The third-order valence-corrected chi connectivity index (χ3v) is 5.67. The normalized spacial score (nSPS) is 20.0. The van der Waals surface area contributed by atoms with E-state index in [-0.39, 0.29) is 11.5 Å². The highest BCUT2D eigenvalue weighted by molar-refractivity contribution is 7.86. The summed E-state index contributed by atoms with van der Waals surface area (Å²) >= 11 is 0. The van der Waals surface area contributed by atoms with E-state index in [1.165, 1.54) is 22.7 Å². The van der Waals surface area contributed by atoms with E-state index in [9.17, 15) is 13.2 Å². The number of carbonyl (C=O) groups is 1. The summed E-state index contributed by atoms with van der Waals surface area (Å²) in [4.78, 5) is 10.8. The quantitative estimate of drug-likeness (QED) is 0.882. The van der Waals surface area contributed by atoms with Gasteiger partial charge < -0.3 is 5.11 Å². The molecule has 0 radical (unpaired) electrons. The molecule has 1 aromatic carbocycles. The Balaban J connectivity index is 1.98. The van der Waals surface area contributed by atoms with Gasteiger partial charge in [-0.05, 0) is 36.5 Å². The highest BCUT2D eigenvalue weighted by Gasteiger charge is 2.32. The zero-order valence-electron chi connectivity index (χ0n) is 12.2. The number of nitrogens with zero attached hydrogens (tertiary/aromatic N) is 2. The van der Waals surface area contributed by atoms with Gasteiger partial charge in [0.25, 0.3) is 10.2 Å². The number of hydrogen-bond acceptors (Lipinski definition) is 3. The van der Waals surface area contributed by atoms with Gasteiger partial charge in [-0.15, -0.1) is 0 Å². The van der Waals surface area contributed by atoms with Crippen molar-refractivity contribution in [2.45, 2.75) is 12.8 Å². The largest absolute Gasteiger partial charge is 0.478 e. The lowest BCUT2D eigenvalue weighted by Gasteiger charge is -2.20. The molecule has 1 heterocycles. The van der Waals surface area contributed by atoms with Gasteiger partial charge in [-0.2, -0.15) is 17.0 Å². The molecule has 1 atom stereocenters. The minimum Gasteiger partial charge on any atom is -0.478 e. The molecule has 1 aromatic rings. The molecule has 1 fully saturated rings. The number of carboxylic acid groups (broad SMARTS) is 1. The first-order valence-corrected chi connectivity index (χ1v) is 8.20. The molecule has 1 saturated heterocycles. The molecule has 0 bridgehead atoms. The second-order valence-electron chi connectivity index (χ2n) is 5.51. The van der Waals surface area contributed by atoms with E-state index in [2.05, 4.69) is 0 Å². The number of hydrogen-bond donors (Lipinski definition) is 1. The summed E-state index contributed by atoms with van der Waals surface area (Å²) < 4.78 is 26.8. The molecule has 21 heavy (non-hydrogen) atoms. The van der Waals surface area contributed by atoms with Gasteiger partial charge in [0, 0.05) is 27.2 Å². The first-order chi connectivity index (χ1) is 9.80. The molecule has 1 unspecified atom stereocenters. The maximum atomic E-state index is 12.0. The number of benzene rings is 1. The fourth-order valence-corrected chi connectivity index (χ4v) is 3.72. The summed E-state index contributed by atoms with van der Waals surface area (Å²) in [7, 11) is -0.261. The Morgan fingerprint density at radius 3 is 2.48 bits per heavy atom. The summed E-state index contributed by atoms with van der Waals surface area (Å²) in [5.74, 6) is -0.666. The molecule has 6 nitrogen and oxygen atoms in total. The molecule has 7 heteroatoms. The molecule has 0 aliphatic carbocycles. The molecule has 0 amide bonds. The van der Waals surface area contributed by atoms with E-state index in [4.69, 9.17) is 5.11 Å². The Morgan fingerprint density at radius 1 is 1.33 bits per heavy atom. The van der Waals surface area contributed by atoms with Gasteiger partial charge in [-0.1, -0.05) is 12.1 Å². The highest BCUT2D eigenvalue weighted by Crippen LogP contribution is 2.24. The van der Waals surface area contributed by atoms with Crippen LogP contribution in [-0.2, 0) is 16.6 Å². The maximum absolute atomic E-state index is 12.0. The molecular weight excluding hydrogens is 292 g/mol. The molecule has 1 aliphatic rings.